The number of allylic oxidation sites excluding steroid dienone is 3. The first-order valence-corrected chi connectivity index (χ1v) is 1.58. The Morgan fingerprint density at radius 1 is 1.67 bits per heavy atom. The van der Waals surface area contributed by atoms with Crippen molar-refractivity contribution in [2.75, 3.05) is 0 Å². The quantitative estimate of drug-likeness (QED) is 0.493. The number of rotatable bonds is 1. The second kappa shape index (κ2) is 8.95. The minimum atomic E-state index is 0. The van der Waals surface area contributed by atoms with Crippen LogP contribution in [-0.4, -0.2) is 0 Å². The molecule has 0 radical (unpaired) electrons. The third-order valence-electron chi connectivity index (χ3n) is 0.304. The van der Waals surface area contributed by atoms with E-state index < -0.39 is 0 Å². The molecule has 0 rings (SSSR count). The van der Waals surface area contributed by atoms with Crippen LogP contribution >= 0.6 is 0 Å². The zero-order chi connectivity index (χ0) is 4.12. The maximum Gasteiger partial charge on any atom is 0 e. The average Bonchev–Trinajstić information content (AvgIpc) is 1.41. The van der Waals surface area contributed by atoms with Gasteiger partial charge in [-0.2, -0.15) is 6.08 Å². The Hall–Kier alpha value is 0.168. The van der Waals surface area contributed by atoms with Gasteiger partial charge in [-0.1, -0.05) is 6.92 Å². The standard InChI is InChI=1S/C5H7.W.2H/c1-3-5-4-2;;;/h1,3-5H,2H3;;;/q-1;;2*-1. The summed E-state index contributed by atoms with van der Waals surface area (Å²) in [6.45, 7) is 6.85. The van der Waals surface area contributed by atoms with Crippen molar-refractivity contribution in [2.45, 2.75) is 6.92 Å². The van der Waals surface area contributed by atoms with E-state index in [9.17, 15) is 0 Å². The van der Waals surface area contributed by atoms with Crippen molar-refractivity contribution >= 4 is 0 Å². The van der Waals surface area contributed by atoms with Crippen molar-refractivity contribution in [1.82, 2.24) is 0 Å². The third-order valence-corrected chi connectivity index (χ3v) is 0.304. The summed E-state index contributed by atoms with van der Waals surface area (Å²) in [5.41, 5.74) is 0. The molecule has 0 saturated heterocycles. The summed E-state index contributed by atoms with van der Waals surface area (Å²) in [7, 11) is 0. The predicted octanol–water partition coefficient (Wildman–Crippen LogP) is 1.77. The van der Waals surface area contributed by atoms with Gasteiger partial charge in [0.25, 0.3) is 0 Å². The molecule has 0 saturated carbocycles. The van der Waals surface area contributed by atoms with Crippen molar-refractivity contribution in [2.24, 2.45) is 0 Å². The summed E-state index contributed by atoms with van der Waals surface area (Å²) < 4.78 is 0. The van der Waals surface area contributed by atoms with E-state index in [1.807, 2.05) is 13.0 Å². The molecule has 0 aromatic carbocycles. The van der Waals surface area contributed by atoms with E-state index in [1.54, 1.807) is 6.08 Å². The van der Waals surface area contributed by atoms with Gasteiger partial charge in [0.05, 0.1) is 0 Å². The van der Waals surface area contributed by atoms with Crippen molar-refractivity contribution < 1.29 is 23.9 Å². The van der Waals surface area contributed by atoms with Crippen molar-refractivity contribution in [3.63, 3.8) is 0 Å². The molecule has 0 aromatic rings. The molecule has 0 spiro atoms. The van der Waals surface area contributed by atoms with Gasteiger partial charge >= 0.3 is 0 Å². The molecule has 38 valence electrons. The summed E-state index contributed by atoms with van der Waals surface area (Å²) in [6, 6.07) is 0. The van der Waals surface area contributed by atoms with Crippen LogP contribution in [0.4, 0.5) is 0 Å². The van der Waals surface area contributed by atoms with Crippen LogP contribution < -0.4 is 0 Å². The molecular formula is C5H9W-3. The first-order chi connectivity index (χ1) is 2.41. The van der Waals surface area contributed by atoms with E-state index in [-0.39, 0.29) is 23.9 Å². The maximum atomic E-state index is 4.93. The van der Waals surface area contributed by atoms with Crippen molar-refractivity contribution in [1.29, 1.82) is 0 Å². The first kappa shape index (κ1) is 9.48. The molecule has 0 nitrogen and oxygen atoms in total. The molecule has 0 aliphatic carbocycles. The maximum absolute atomic E-state index is 4.93. The largest absolute Gasteiger partial charge is 1.00 e. The molecule has 0 unspecified atom stereocenters. The predicted molar refractivity (Wildman–Crippen MR) is 25.9 cm³/mol. The van der Waals surface area contributed by atoms with Crippen LogP contribution in [0, 0.1) is 6.58 Å². The second-order valence-electron chi connectivity index (χ2n) is 0.718. The van der Waals surface area contributed by atoms with Gasteiger partial charge in [0.2, 0.25) is 0 Å². The Kier molecular flexibility index (Phi) is 14.1. The SMILES string of the molecule is [CH-]=CC=CC.[H-].[H-].[W]. The molecule has 0 N–H and O–H groups in total. The molecule has 6 heavy (non-hydrogen) atoms. The molecule has 0 atom stereocenters. The monoisotopic (exact) mass is 253 g/mol. The van der Waals surface area contributed by atoms with Gasteiger partial charge in [0, 0.05) is 21.1 Å². The summed E-state index contributed by atoms with van der Waals surface area (Å²) in [6.07, 6.45) is 5.15. The van der Waals surface area contributed by atoms with Gasteiger partial charge < -0.3 is 2.85 Å². The van der Waals surface area contributed by atoms with E-state index >= 15 is 0 Å². The van der Waals surface area contributed by atoms with E-state index in [0.29, 0.717) is 0 Å². The van der Waals surface area contributed by atoms with Gasteiger partial charge in [-0.15, -0.1) is 0 Å². The molecule has 0 aliphatic heterocycles. The van der Waals surface area contributed by atoms with E-state index in [0.717, 1.165) is 0 Å². The van der Waals surface area contributed by atoms with Gasteiger partial charge in [0.15, 0.2) is 0 Å². The molecule has 0 amide bonds. The van der Waals surface area contributed by atoms with Crippen LogP contribution in [0.5, 0.6) is 0 Å². The van der Waals surface area contributed by atoms with E-state index in [4.69, 9.17) is 6.58 Å². The fourth-order valence-electron chi connectivity index (χ4n) is 0.111. The smallest absolute Gasteiger partial charge is 0 e. The fraction of sp³-hybridized carbons (Fsp3) is 0.200. The molecule has 0 aliphatic rings. The Morgan fingerprint density at radius 2 is 2.17 bits per heavy atom. The second-order valence-corrected chi connectivity index (χ2v) is 0.718. The summed E-state index contributed by atoms with van der Waals surface area (Å²) in [4.78, 5) is 0. The molecule has 0 bridgehead atoms. The van der Waals surface area contributed by atoms with Gasteiger partial charge in [-0.05, 0) is 0 Å². The van der Waals surface area contributed by atoms with Crippen LogP contribution in [0.25, 0.3) is 0 Å². The Labute approximate surface area is 56.2 Å². The van der Waals surface area contributed by atoms with Crippen molar-refractivity contribution in [3.8, 4) is 0 Å². The fourth-order valence-corrected chi connectivity index (χ4v) is 0.111. The van der Waals surface area contributed by atoms with Crippen LogP contribution in [0.1, 0.15) is 9.78 Å². The van der Waals surface area contributed by atoms with Crippen LogP contribution in [-0.2, 0) is 21.1 Å². The number of hydrogen-bond acceptors (Lipinski definition) is 0. The van der Waals surface area contributed by atoms with Gasteiger partial charge in [-0.25, -0.2) is 12.2 Å². The molecule has 0 aromatic heterocycles. The van der Waals surface area contributed by atoms with Gasteiger partial charge in [0.1, 0.15) is 0 Å². The molecule has 0 heterocycles. The molecule has 1 heteroatoms. The molecule has 0 fully saturated rings. The Bertz CT molecular complexity index is 52.4. The zero-order valence-corrected chi connectivity index (χ0v) is 6.65. The summed E-state index contributed by atoms with van der Waals surface area (Å²) in [5.74, 6) is 0. The normalized spacial score (nSPS) is 7.50. The van der Waals surface area contributed by atoms with Crippen molar-refractivity contribution in [3.05, 3.63) is 24.8 Å². The van der Waals surface area contributed by atoms with Crippen LogP contribution in [0.2, 0.25) is 0 Å². The minimum absolute atomic E-state index is 0. The summed E-state index contributed by atoms with van der Waals surface area (Å²) >= 11 is 0. The topological polar surface area (TPSA) is 0 Å². The Balaban J connectivity index is -0.0000000267. The first-order valence-electron chi connectivity index (χ1n) is 1.58. The third kappa shape index (κ3) is 8.90. The zero-order valence-electron chi connectivity index (χ0n) is 5.72. The van der Waals surface area contributed by atoms with E-state index in [2.05, 4.69) is 0 Å². The minimum Gasteiger partial charge on any atom is -1.00 e. The Morgan fingerprint density at radius 3 is 2.17 bits per heavy atom. The van der Waals surface area contributed by atoms with Crippen LogP contribution in [0.3, 0.4) is 0 Å². The average molecular weight is 253 g/mol. The van der Waals surface area contributed by atoms with Gasteiger partial charge in [-0.3, -0.25) is 6.58 Å². The van der Waals surface area contributed by atoms with Crippen LogP contribution in [0.15, 0.2) is 18.2 Å². The summed E-state index contributed by atoms with van der Waals surface area (Å²) in [5, 5.41) is 0. The molecular weight excluding hydrogens is 244 g/mol. The van der Waals surface area contributed by atoms with E-state index in [1.165, 1.54) is 6.08 Å². The number of hydrogen-bond donors (Lipinski definition) is 0.